The summed E-state index contributed by atoms with van der Waals surface area (Å²) in [5.74, 6) is 0. The van der Waals surface area contributed by atoms with Gasteiger partial charge >= 0.3 is 0 Å². The van der Waals surface area contributed by atoms with Crippen molar-refractivity contribution >= 4 is 44.0 Å². The van der Waals surface area contributed by atoms with Gasteiger partial charge < -0.3 is 0 Å². The van der Waals surface area contributed by atoms with Crippen LogP contribution in [0, 0.1) is 0 Å². The molecule has 0 saturated carbocycles. The molecule has 8 heteroatoms. The minimum Gasteiger partial charge on any atom is -0.235 e. The van der Waals surface area contributed by atoms with Crippen LogP contribution in [-0.4, -0.2) is 29.2 Å². The van der Waals surface area contributed by atoms with Crippen LogP contribution in [0.25, 0.3) is 11.0 Å². The van der Waals surface area contributed by atoms with Crippen LogP contribution in [-0.2, 0) is 23.0 Å². The highest BCUT2D eigenvalue weighted by molar-refractivity contribution is 7.91. The monoisotopic (exact) mass is 365 g/mol. The Balaban J connectivity index is 1.74. The molecule has 0 N–H and O–H groups in total. The van der Waals surface area contributed by atoms with Gasteiger partial charge in [0, 0.05) is 36.8 Å². The van der Waals surface area contributed by atoms with Crippen molar-refractivity contribution in [2.75, 3.05) is 6.54 Å². The third-order valence-corrected chi connectivity index (χ3v) is 7.26. The van der Waals surface area contributed by atoms with Gasteiger partial charge in [-0.15, -0.1) is 11.3 Å². The van der Waals surface area contributed by atoms with Crippen LogP contribution < -0.4 is 0 Å². The van der Waals surface area contributed by atoms with E-state index < -0.39 is 10.0 Å². The molecule has 0 amide bonds. The lowest BCUT2D eigenvalue weighted by molar-refractivity contribution is 0.389. The molecule has 0 aromatic carbocycles. The summed E-state index contributed by atoms with van der Waals surface area (Å²) >= 11 is 7.21. The van der Waals surface area contributed by atoms with Crippen LogP contribution in [0.4, 0.5) is 0 Å². The Labute approximate surface area is 142 Å². The molecular weight excluding hydrogens is 354 g/mol. The van der Waals surface area contributed by atoms with Gasteiger partial charge in [-0.3, -0.25) is 0 Å². The van der Waals surface area contributed by atoms with Crippen LogP contribution in [0.2, 0.25) is 5.02 Å². The summed E-state index contributed by atoms with van der Waals surface area (Å²) in [7, 11) is -3.44. The van der Waals surface area contributed by atoms with Crippen LogP contribution in [0.5, 0.6) is 0 Å². The van der Waals surface area contributed by atoms with E-state index in [1.165, 1.54) is 15.6 Å². The molecule has 23 heavy (non-hydrogen) atoms. The van der Waals surface area contributed by atoms with E-state index in [2.05, 4.69) is 9.97 Å². The maximum atomic E-state index is 12.7. The molecule has 0 saturated heterocycles. The number of thiophene rings is 1. The first-order valence-electron chi connectivity index (χ1n) is 7.02. The van der Waals surface area contributed by atoms with E-state index in [4.69, 9.17) is 11.6 Å². The number of fused-ring (bicyclic) bond motifs is 2. The number of halogens is 1. The summed E-state index contributed by atoms with van der Waals surface area (Å²) in [6.45, 7) is 0.754. The average Bonchev–Trinajstić information content (AvgIpc) is 3.07. The van der Waals surface area contributed by atoms with E-state index >= 15 is 0 Å². The van der Waals surface area contributed by atoms with E-state index in [1.807, 2.05) is 6.07 Å². The normalized spacial score (nSPS) is 15.7. The molecule has 0 radical (unpaired) electrons. The molecule has 1 aliphatic rings. The Bertz CT molecular complexity index is 987. The summed E-state index contributed by atoms with van der Waals surface area (Å²) < 4.78 is 27.2. The smallest absolute Gasteiger partial charge is 0.235 e. The SMILES string of the molecule is O=S(=O)(c1cccs1)N1CCc2nc3ncc(Cl)cc3cc2C1. The summed E-state index contributed by atoms with van der Waals surface area (Å²) in [5, 5.41) is 3.14. The van der Waals surface area contributed by atoms with E-state index in [-0.39, 0.29) is 0 Å². The largest absolute Gasteiger partial charge is 0.252 e. The maximum Gasteiger partial charge on any atom is 0.252 e. The highest BCUT2D eigenvalue weighted by Gasteiger charge is 2.29. The van der Waals surface area contributed by atoms with Crippen molar-refractivity contribution in [3.8, 4) is 0 Å². The van der Waals surface area contributed by atoms with Crippen LogP contribution in [0.1, 0.15) is 11.3 Å². The third-order valence-electron chi connectivity index (χ3n) is 3.84. The molecule has 1 aliphatic heterocycles. The first-order chi connectivity index (χ1) is 11.0. The zero-order valence-corrected chi connectivity index (χ0v) is 14.3. The fourth-order valence-corrected chi connectivity index (χ4v) is 5.44. The van der Waals surface area contributed by atoms with Gasteiger partial charge in [0.15, 0.2) is 5.65 Å². The second kappa shape index (κ2) is 5.52. The quantitative estimate of drug-likeness (QED) is 0.700. The van der Waals surface area contributed by atoms with Gasteiger partial charge in [0.1, 0.15) is 4.21 Å². The molecule has 3 aromatic heterocycles. The molecule has 0 spiro atoms. The molecule has 0 fully saturated rings. The summed E-state index contributed by atoms with van der Waals surface area (Å²) in [6, 6.07) is 7.12. The Morgan fingerprint density at radius 2 is 2.17 bits per heavy atom. The van der Waals surface area contributed by atoms with E-state index in [9.17, 15) is 8.42 Å². The van der Waals surface area contributed by atoms with Gasteiger partial charge in [0.2, 0.25) is 0 Å². The highest BCUT2D eigenvalue weighted by atomic mass is 35.5. The van der Waals surface area contributed by atoms with Crippen molar-refractivity contribution in [3.05, 3.63) is 52.1 Å². The van der Waals surface area contributed by atoms with Gasteiger partial charge in [-0.1, -0.05) is 17.7 Å². The molecule has 4 heterocycles. The molecule has 3 aromatic rings. The van der Waals surface area contributed by atoms with Crippen LogP contribution >= 0.6 is 22.9 Å². The topological polar surface area (TPSA) is 63.2 Å². The van der Waals surface area contributed by atoms with Gasteiger partial charge in [0.25, 0.3) is 10.0 Å². The zero-order chi connectivity index (χ0) is 16.0. The number of aromatic nitrogens is 2. The molecular formula is C15H12ClN3O2S2. The highest BCUT2D eigenvalue weighted by Crippen LogP contribution is 2.28. The molecule has 5 nitrogen and oxygen atoms in total. The average molecular weight is 366 g/mol. The standard InChI is InChI=1S/C15H12ClN3O2S2/c16-12-7-10-6-11-9-19(23(20,21)14-2-1-5-22-14)4-3-13(11)18-15(10)17-8-12/h1-2,5-8H,3-4,9H2. The lowest BCUT2D eigenvalue weighted by Crippen LogP contribution is -2.36. The molecule has 0 unspecified atom stereocenters. The minimum absolute atomic E-state index is 0.324. The van der Waals surface area contributed by atoms with Crippen molar-refractivity contribution in [2.24, 2.45) is 0 Å². The van der Waals surface area contributed by atoms with Crippen molar-refractivity contribution in [2.45, 2.75) is 17.2 Å². The maximum absolute atomic E-state index is 12.7. The summed E-state index contributed by atoms with van der Waals surface area (Å²) in [6.07, 6.45) is 2.15. The van der Waals surface area contributed by atoms with Gasteiger partial charge in [-0.25, -0.2) is 18.4 Å². The van der Waals surface area contributed by atoms with E-state index in [0.29, 0.717) is 34.4 Å². The zero-order valence-electron chi connectivity index (χ0n) is 11.9. The fourth-order valence-electron chi connectivity index (χ4n) is 2.71. The predicted molar refractivity (Wildman–Crippen MR) is 90.2 cm³/mol. The first kappa shape index (κ1) is 15.0. The van der Waals surface area contributed by atoms with Crippen LogP contribution in [0.15, 0.2) is 40.1 Å². The predicted octanol–water partition coefficient (Wildman–Crippen LogP) is 3.09. The number of hydrogen-bond donors (Lipinski definition) is 0. The number of hydrogen-bond acceptors (Lipinski definition) is 5. The van der Waals surface area contributed by atoms with Gasteiger partial charge in [-0.2, -0.15) is 4.31 Å². The lowest BCUT2D eigenvalue weighted by atomic mass is 10.1. The third kappa shape index (κ3) is 2.63. The molecule has 0 bridgehead atoms. The second-order valence-corrected chi connectivity index (χ2v) is 8.86. The van der Waals surface area contributed by atoms with Crippen molar-refractivity contribution in [1.29, 1.82) is 0 Å². The Hall–Kier alpha value is -1.54. The van der Waals surface area contributed by atoms with Gasteiger partial charge in [-0.05, 0) is 29.1 Å². The second-order valence-electron chi connectivity index (χ2n) is 5.32. The molecule has 4 rings (SSSR count). The fraction of sp³-hybridized carbons (Fsp3) is 0.200. The molecule has 118 valence electrons. The number of pyridine rings is 2. The van der Waals surface area contributed by atoms with Crippen molar-refractivity contribution in [3.63, 3.8) is 0 Å². The Kier molecular flexibility index (Phi) is 3.60. The lowest BCUT2D eigenvalue weighted by Gasteiger charge is -2.27. The van der Waals surface area contributed by atoms with Crippen molar-refractivity contribution < 1.29 is 8.42 Å². The minimum atomic E-state index is -3.44. The summed E-state index contributed by atoms with van der Waals surface area (Å²) in [5.41, 5.74) is 2.46. The Morgan fingerprint density at radius 1 is 1.30 bits per heavy atom. The Morgan fingerprint density at radius 3 is 2.96 bits per heavy atom. The first-order valence-corrected chi connectivity index (χ1v) is 9.71. The number of rotatable bonds is 2. The molecule has 0 atom stereocenters. The number of nitrogens with zero attached hydrogens (tertiary/aromatic N) is 3. The van der Waals surface area contributed by atoms with Crippen molar-refractivity contribution in [1.82, 2.24) is 14.3 Å². The summed E-state index contributed by atoms with van der Waals surface area (Å²) in [4.78, 5) is 8.77. The van der Waals surface area contributed by atoms with E-state index in [0.717, 1.165) is 16.6 Å². The van der Waals surface area contributed by atoms with E-state index in [1.54, 1.807) is 29.8 Å². The molecule has 0 aliphatic carbocycles. The number of sulfonamides is 1. The van der Waals surface area contributed by atoms with Gasteiger partial charge in [0.05, 0.1) is 5.02 Å². The van der Waals surface area contributed by atoms with Crippen LogP contribution in [0.3, 0.4) is 0 Å².